The average molecular weight is 525 g/mol. The SMILES string of the molecule is CCOc1cc(C=NNC(=O)COc2c(C)cccc2C)ccc1OC(=O)c1ccc(Br)cc1. The molecule has 0 bridgehead atoms. The number of hydrogen-bond donors (Lipinski definition) is 1. The van der Waals surface area contributed by atoms with Crippen molar-refractivity contribution in [2.45, 2.75) is 20.8 Å². The zero-order valence-electron chi connectivity index (χ0n) is 19.1. The van der Waals surface area contributed by atoms with Crippen LogP contribution in [0.2, 0.25) is 0 Å². The number of amides is 1. The molecule has 3 aromatic rings. The molecular formula is C26H25BrN2O5. The maximum atomic E-state index is 12.4. The number of para-hydroxylation sites is 1. The number of carbonyl (C=O) groups excluding carboxylic acids is 2. The number of hydrogen-bond acceptors (Lipinski definition) is 6. The van der Waals surface area contributed by atoms with Gasteiger partial charge in [-0.15, -0.1) is 0 Å². The lowest BCUT2D eigenvalue weighted by atomic mass is 10.1. The Bertz CT molecular complexity index is 1170. The Morgan fingerprint density at radius 1 is 0.971 bits per heavy atom. The standard InChI is InChI=1S/C26H25BrN2O5/c1-4-32-23-14-19(8-13-22(23)34-26(31)20-9-11-21(27)12-10-20)15-28-29-24(30)16-33-25-17(2)6-5-7-18(25)3/h5-15H,4,16H2,1-3H3,(H,29,30). The number of aryl methyl sites for hydroxylation is 2. The molecule has 0 aliphatic carbocycles. The number of esters is 1. The van der Waals surface area contributed by atoms with E-state index in [1.165, 1.54) is 6.21 Å². The molecule has 1 N–H and O–H groups in total. The van der Waals surface area contributed by atoms with Crippen LogP contribution in [0.25, 0.3) is 0 Å². The van der Waals surface area contributed by atoms with Crippen molar-refractivity contribution in [3.05, 3.63) is 87.4 Å². The molecule has 0 aliphatic heterocycles. The van der Waals surface area contributed by atoms with Crippen molar-refractivity contribution >= 4 is 34.0 Å². The largest absolute Gasteiger partial charge is 0.490 e. The summed E-state index contributed by atoms with van der Waals surface area (Å²) in [5.74, 6) is 0.491. The lowest BCUT2D eigenvalue weighted by molar-refractivity contribution is -0.123. The third-order valence-electron chi connectivity index (χ3n) is 4.71. The van der Waals surface area contributed by atoms with E-state index in [0.29, 0.717) is 29.2 Å². The van der Waals surface area contributed by atoms with Gasteiger partial charge in [0.15, 0.2) is 18.1 Å². The van der Waals surface area contributed by atoms with Crippen LogP contribution in [0, 0.1) is 13.8 Å². The van der Waals surface area contributed by atoms with E-state index in [-0.39, 0.29) is 18.3 Å². The van der Waals surface area contributed by atoms with E-state index >= 15 is 0 Å². The number of nitrogens with zero attached hydrogens (tertiary/aromatic N) is 1. The van der Waals surface area contributed by atoms with Gasteiger partial charge in [-0.1, -0.05) is 34.1 Å². The molecule has 0 unspecified atom stereocenters. The summed E-state index contributed by atoms with van der Waals surface area (Å²) in [6.07, 6.45) is 1.47. The molecule has 0 atom stereocenters. The van der Waals surface area contributed by atoms with E-state index in [1.54, 1.807) is 42.5 Å². The van der Waals surface area contributed by atoms with Gasteiger partial charge in [-0.25, -0.2) is 10.2 Å². The molecule has 0 saturated heterocycles. The van der Waals surface area contributed by atoms with E-state index in [9.17, 15) is 9.59 Å². The highest BCUT2D eigenvalue weighted by atomic mass is 79.9. The van der Waals surface area contributed by atoms with Crippen molar-refractivity contribution in [1.82, 2.24) is 5.43 Å². The minimum Gasteiger partial charge on any atom is -0.490 e. The molecule has 0 fully saturated rings. The molecule has 3 aromatic carbocycles. The first-order valence-corrected chi connectivity index (χ1v) is 11.4. The molecule has 0 spiro atoms. The van der Waals surface area contributed by atoms with Gasteiger partial charge in [0.2, 0.25) is 0 Å². The number of halogens is 1. The van der Waals surface area contributed by atoms with E-state index in [0.717, 1.165) is 15.6 Å². The second kappa shape index (κ2) is 12.0. The summed E-state index contributed by atoms with van der Waals surface area (Å²) >= 11 is 3.34. The van der Waals surface area contributed by atoms with Crippen LogP contribution in [-0.2, 0) is 4.79 Å². The van der Waals surface area contributed by atoms with Crippen LogP contribution < -0.4 is 19.6 Å². The predicted octanol–water partition coefficient (Wildman–Crippen LogP) is 5.21. The molecule has 0 heterocycles. The van der Waals surface area contributed by atoms with E-state index < -0.39 is 5.97 Å². The van der Waals surface area contributed by atoms with Crippen molar-refractivity contribution in [1.29, 1.82) is 0 Å². The first kappa shape index (κ1) is 25.0. The fourth-order valence-corrected chi connectivity index (χ4v) is 3.34. The number of ether oxygens (including phenoxy) is 3. The third-order valence-corrected chi connectivity index (χ3v) is 5.24. The smallest absolute Gasteiger partial charge is 0.343 e. The van der Waals surface area contributed by atoms with Crippen LogP contribution in [0.3, 0.4) is 0 Å². The molecule has 1 amide bonds. The summed E-state index contributed by atoms with van der Waals surface area (Å²) in [6.45, 7) is 5.91. The maximum absolute atomic E-state index is 12.4. The van der Waals surface area contributed by atoms with Crippen LogP contribution in [0.5, 0.6) is 17.2 Å². The van der Waals surface area contributed by atoms with Gasteiger partial charge in [0.1, 0.15) is 5.75 Å². The van der Waals surface area contributed by atoms with Gasteiger partial charge in [0.05, 0.1) is 18.4 Å². The molecule has 0 aromatic heterocycles. The highest BCUT2D eigenvalue weighted by Crippen LogP contribution is 2.29. The summed E-state index contributed by atoms with van der Waals surface area (Å²) in [4.78, 5) is 24.5. The van der Waals surface area contributed by atoms with E-state index in [4.69, 9.17) is 14.2 Å². The average Bonchev–Trinajstić information content (AvgIpc) is 2.81. The van der Waals surface area contributed by atoms with Crippen LogP contribution >= 0.6 is 15.9 Å². The van der Waals surface area contributed by atoms with Gasteiger partial charge in [-0.3, -0.25) is 4.79 Å². The van der Waals surface area contributed by atoms with Crippen LogP contribution in [0.4, 0.5) is 0 Å². The first-order valence-electron chi connectivity index (χ1n) is 10.6. The summed E-state index contributed by atoms with van der Waals surface area (Å²) in [6, 6.07) is 17.7. The quantitative estimate of drug-likeness (QED) is 0.179. The summed E-state index contributed by atoms with van der Waals surface area (Å²) in [5, 5.41) is 3.97. The number of rotatable bonds is 9. The van der Waals surface area contributed by atoms with Gasteiger partial charge in [0, 0.05) is 4.47 Å². The monoisotopic (exact) mass is 524 g/mol. The predicted molar refractivity (Wildman–Crippen MR) is 134 cm³/mol. The number of carbonyl (C=O) groups is 2. The third kappa shape index (κ3) is 6.92. The highest BCUT2D eigenvalue weighted by molar-refractivity contribution is 9.10. The van der Waals surface area contributed by atoms with Crippen molar-refractivity contribution in [3.63, 3.8) is 0 Å². The Morgan fingerprint density at radius 3 is 2.35 bits per heavy atom. The molecule has 0 aliphatic rings. The van der Waals surface area contributed by atoms with Crippen molar-refractivity contribution < 1.29 is 23.8 Å². The van der Waals surface area contributed by atoms with Crippen molar-refractivity contribution in [2.75, 3.05) is 13.2 Å². The minimum atomic E-state index is -0.494. The number of benzene rings is 3. The minimum absolute atomic E-state index is 0.155. The van der Waals surface area contributed by atoms with Crippen molar-refractivity contribution in [3.8, 4) is 17.2 Å². The Labute approximate surface area is 206 Å². The van der Waals surface area contributed by atoms with Gasteiger partial charge >= 0.3 is 5.97 Å². The molecule has 0 radical (unpaired) electrons. The van der Waals surface area contributed by atoms with Crippen LogP contribution in [0.15, 0.2) is 70.2 Å². The highest BCUT2D eigenvalue weighted by Gasteiger charge is 2.13. The van der Waals surface area contributed by atoms with Gasteiger partial charge in [-0.2, -0.15) is 5.10 Å². The Kier molecular flexibility index (Phi) is 8.81. The lowest BCUT2D eigenvalue weighted by Gasteiger charge is -2.11. The second-order valence-corrected chi connectivity index (χ2v) is 8.25. The number of nitrogens with one attached hydrogen (secondary N) is 1. The normalized spacial score (nSPS) is 10.7. The molecular weight excluding hydrogens is 500 g/mol. The molecule has 0 saturated carbocycles. The zero-order chi connectivity index (χ0) is 24.5. The zero-order valence-corrected chi connectivity index (χ0v) is 20.7. The summed E-state index contributed by atoms with van der Waals surface area (Å²) < 4.78 is 17.6. The molecule has 7 nitrogen and oxygen atoms in total. The Balaban J connectivity index is 1.61. The van der Waals surface area contributed by atoms with Crippen LogP contribution in [-0.4, -0.2) is 31.3 Å². The Morgan fingerprint density at radius 2 is 1.68 bits per heavy atom. The number of hydrazone groups is 1. The maximum Gasteiger partial charge on any atom is 0.343 e. The van der Waals surface area contributed by atoms with E-state index in [2.05, 4.69) is 26.5 Å². The lowest BCUT2D eigenvalue weighted by Crippen LogP contribution is -2.25. The molecule has 34 heavy (non-hydrogen) atoms. The second-order valence-electron chi connectivity index (χ2n) is 7.34. The van der Waals surface area contributed by atoms with Crippen LogP contribution in [0.1, 0.15) is 34.0 Å². The van der Waals surface area contributed by atoms with Gasteiger partial charge in [0.25, 0.3) is 5.91 Å². The van der Waals surface area contributed by atoms with Gasteiger partial charge in [-0.05, 0) is 79.9 Å². The fourth-order valence-electron chi connectivity index (χ4n) is 3.08. The Hall–Kier alpha value is -3.65. The van der Waals surface area contributed by atoms with E-state index in [1.807, 2.05) is 39.0 Å². The fraction of sp³-hybridized carbons (Fsp3) is 0.192. The molecule has 176 valence electrons. The van der Waals surface area contributed by atoms with Gasteiger partial charge < -0.3 is 14.2 Å². The molecule has 8 heteroatoms. The first-order chi connectivity index (χ1) is 16.4. The summed E-state index contributed by atoms with van der Waals surface area (Å²) in [5.41, 5.74) is 5.43. The summed E-state index contributed by atoms with van der Waals surface area (Å²) in [7, 11) is 0. The molecule has 3 rings (SSSR count). The van der Waals surface area contributed by atoms with Crippen molar-refractivity contribution in [2.24, 2.45) is 5.10 Å². The topological polar surface area (TPSA) is 86.2 Å².